The van der Waals surface area contributed by atoms with Crippen molar-refractivity contribution in [1.29, 1.82) is 0 Å². The molecule has 0 unspecified atom stereocenters. The molecule has 0 heterocycles. The Balaban J connectivity index is 1.98. The van der Waals surface area contributed by atoms with Crippen LogP contribution in [-0.2, 0) is 14.8 Å². The molecule has 0 aliphatic carbocycles. The molecule has 122 valence electrons. The molecular formula is C15H14ClFN2O3S. The maximum absolute atomic E-state index is 12.8. The van der Waals surface area contributed by atoms with E-state index < -0.39 is 28.3 Å². The molecule has 0 aliphatic rings. The van der Waals surface area contributed by atoms with E-state index in [-0.39, 0.29) is 4.90 Å². The Labute approximate surface area is 138 Å². The van der Waals surface area contributed by atoms with Crippen molar-refractivity contribution in [1.82, 2.24) is 4.72 Å². The Kier molecular flexibility index (Phi) is 5.35. The van der Waals surface area contributed by atoms with Crippen molar-refractivity contribution in [3.8, 4) is 0 Å². The molecule has 0 radical (unpaired) electrons. The van der Waals surface area contributed by atoms with Gasteiger partial charge in [-0.05, 0) is 48.9 Å². The Morgan fingerprint density at radius 1 is 1.17 bits per heavy atom. The highest BCUT2D eigenvalue weighted by Gasteiger charge is 2.15. The summed E-state index contributed by atoms with van der Waals surface area (Å²) in [6.07, 6.45) is 0. The molecule has 0 aliphatic heterocycles. The summed E-state index contributed by atoms with van der Waals surface area (Å²) in [6, 6.07) is 9.27. The average Bonchev–Trinajstić information content (AvgIpc) is 2.50. The fraction of sp³-hybridized carbons (Fsp3) is 0.133. The molecule has 2 rings (SSSR count). The molecule has 8 heteroatoms. The van der Waals surface area contributed by atoms with Crippen LogP contribution < -0.4 is 10.0 Å². The van der Waals surface area contributed by atoms with Gasteiger partial charge in [0.15, 0.2) is 0 Å². The van der Waals surface area contributed by atoms with Crippen LogP contribution in [0.5, 0.6) is 0 Å². The summed E-state index contributed by atoms with van der Waals surface area (Å²) in [5, 5.41) is 3.03. The number of carbonyl (C=O) groups is 1. The van der Waals surface area contributed by atoms with E-state index in [1.54, 1.807) is 18.2 Å². The second kappa shape index (κ2) is 7.08. The summed E-state index contributed by atoms with van der Waals surface area (Å²) in [5.74, 6) is -1.09. The van der Waals surface area contributed by atoms with E-state index >= 15 is 0 Å². The van der Waals surface area contributed by atoms with Crippen LogP contribution in [-0.4, -0.2) is 20.9 Å². The molecule has 0 atom stereocenters. The summed E-state index contributed by atoms with van der Waals surface area (Å²) in [4.78, 5) is 11.7. The van der Waals surface area contributed by atoms with Gasteiger partial charge in [-0.2, -0.15) is 0 Å². The maximum Gasteiger partial charge on any atom is 0.241 e. The predicted molar refractivity (Wildman–Crippen MR) is 86.4 cm³/mol. The zero-order chi connectivity index (χ0) is 17.0. The molecule has 0 spiro atoms. The highest BCUT2D eigenvalue weighted by atomic mass is 35.5. The number of aryl methyl sites for hydroxylation is 1. The number of nitrogens with one attached hydrogen (secondary N) is 2. The van der Waals surface area contributed by atoms with Gasteiger partial charge < -0.3 is 5.32 Å². The standard InChI is InChI=1S/C15H14ClFN2O3S/c1-10-2-5-12(8-14(10)16)19-15(20)9-18-23(21,22)13-6-3-11(17)4-7-13/h2-8,18H,9H2,1H3,(H,19,20). The van der Waals surface area contributed by atoms with Crippen molar-refractivity contribution in [2.45, 2.75) is 11.8 Å². The summed E-state index contributed by atoms with van der Waals surface area (Å²) in [6.45, 7) is 1.37. The highest BCUT2D eigenvalue weighted by Crippen LogP contribution is 2.19. The third-order valence-corrected chi connectivity index (χ3v) is 4.83. The quantitative estimate of drug-likeness (QED) is 0.864. The molecule has 0 fully saturated rings. The Morgan fingerprint density at radius 3 is 2.43 bits per heavy atom. The van der Waals surface area contributed by atoms with Gasteiger partial charge in [-0.15, -0.1) is 0 Å². The number of sulfonamides is 1. The largest absolute Gasteiger partial charge is 0.325 e. The van der Waals surface area contributed by atoms with Crippen LogP contribution in [0.15, 0.2) is 47.4 Å². The minimum atomic E-state index is -3.88. The minimum absolute atomic E-state index is 0.120. The van der Waals surface area contributed by atoms with E-state index in [9.17, 15) is 17.6 Å². The van der Waals surface area contributed by atoms with E-state index in [0.29, 0.717) is 10.7 Å². The maximum atomic E-state index is 12.8. The number of carbonyl (C=O) groups excluding carboxylic acids is 1. The van der Waals surface area contributed by atoms with Crippen molar-refractivity contribution in [3.05, 3.63) is 58.9 Å². The van der Waals surface area contributed by atoms with Crippen molar-refractivity contribution in [2.75, 3.05) is 11.9 Å². The zero-order valence-corrected chi connectivity index (χ0v) is 13.7. The molecular weight excluding hydrogens is 343 g/mol. The molecule has 5 nitrogen and oxygen atoms in total. The SMILES string of the molecule is Cc1ccc(NC(=O)CNS(=O)(=O)c2ccc(F)cc2)cc1Cl. The van der Waals surface area contributed by atoms with Gasteiger partial charge in [0.1, 0.15) is 5.82 Å². The minimum Gasteiger partial charge on any atom is -0.325 e. The number of halogens is 2. The van der Waals surface area contributed by atoms with Gasteiger partial charge in [-0.3, -0.25) is 4.79 Å². The van der Waals surface area contributed by atoms with E-state index in [4.69, 9.17) is 11.6 Å². The topological polar surface area (TPSA) is 75.3 Å². The number of hydrogen-bond donors (Lipinski definition) is 2. The lowest BCUT2D eigenvalue weighted by molar-refractivity contribution is -0.115. The van der Waals surface area contributed by atoms with Crippen LogP contribution in [0.4, 0.5) is 10.1 Å². The van der Waals surface area contributed by atoms with Gasteiger partial charge in [0.05, 0.1) is 11.4 Å². The van der Waals surface area contributed by atoms with Crippen LogP contribution in [0.1, 0.15) is 5.56 Å². The fourth-order valence-electron chi connectivity index (χ4n) is 1.73. The first kappa shape index (κ1) is 17.4. The Hall–Kier alpha value is -1.96. The van der Waals surface area contributed by atoms with Gasteiger partial charge in [0.2, 0.25) is 15.9 Å². The molecule has 23 heavy (non-hydrogen) atoms. The molecule has 2 N–H and O–H groups in total. The van der Waals surface area contributed by atoms with Crippen LogP contribution in [0, 0.1) is 12.7 Å². The second-order valence-electron chi connectivity index (χ2n) is 4.79. The van der Waals surface area contributed by atoms with Crippen LogP contribution in [0.3, 0.4) is 0 Å². The lowest BCUT2D eigenvalue weighted by Gasteiger charge is -2.09. The van der Waals surface area contributed by atoms with Gasteiger partial charge in [-0.1, -0.05) is 17.7 Å². The van der Waals surface area contributed by atoms with Gasteiger partial charge in [0, 0.05) is 10.7 Å². The van der Waals surface area contributed by atoms with Gasteiger partial charge >= 0.3 is 0 Å². The molecule has 2 aromatic carbocycles. The number of benzene rings is 2. The average molecular weight is 357 g/mol. The van der Waals surface area contributed by atoms with E-state index in [1.807, 2.05) is 6.92 Å². The number of amides is 1. The second-order valence-corrected chi connectivity index (χ2v) is 6.96. The van der Waals surface area contributed by atoms with Crippen LogP contribution >= 0.6 is 11.6 Å². The summed E-state index contributed by atoms with van der Waals surface area (Å²) in [5.41, 5.74) is 1.33. The highest BCUT2D eigenvalue weighted by molar-refractivity contribution is 7.89. The monoisotopic (exact) mass is 356 g/mol. The number of hydrogen-bond acceptors (Lipinski definition) is 3. The first-order valence-corrected chi connectivity index (χ1v) is 8.45. The van der Waals surface area contributed by atoms with E-state index in [1.165, 1.54) is 0 Å². The number of anilines is 1. The van der Waals surface area contributed by atoms with Crippen molar-refractivity contribution in [3.63, 3.8) is 0 Å². The normalized spacial score (nSPS) is 11.3. The van der Waals surface area contributed by atoms with Crippen molar-refractivity contribution in [2.24, 2.45) is 0 Å². The molecule has 0 bridgehead atoms. The first-order valence-electron chi connectivity index (χ1n) is 6.59. The molecule has 0 saturated carbocycles. The molecule has 0 saturated heterocycles. The number of rotatable bonds is 5. The van der Waals surface area contributed by atoms with Crippen LogP contribution in [0.25, 0.3) is 0 Å². The zero-order valence-electron chi connectivity index (χ0n) is 12.1. The molecule has 2 aromatic rings. The van der Waals surface area contributed by atoms with Crippen molar-refractivity contribution >= 4 is 33.2 Å². The predicted octanol–water partition coefficient (Wildman–Crippen LogP) is 2.70. The third kappa shape index (κ3) is 4.75. The summed E-state index contributed by atoms with van der Waals surface area (Å²) in [7, 11) is -3.88. The fourth-order valence-corrected chi connectivity index (χ4v) is 2.90. The van der Waals surface area contributed by atoms with Crippen LogP contribution in [0.2, 0.25) is 5.02 Å². The lowest BCUT2D eigenvalue weighted by atomic mass is 10.2. The Morgan fingerprint density at radius 2 is 1.83 bits per heavy atom. The van der Waals surface area contributed by atoms with E-state index in [0.717, 1.165) is 29.8 Å². The Bertz CT molecular complexity index is 823. The van der Waals surface area contributed by atoms with Crippen molar-refractivity contribution < 1.29 is 17.6 Å². The van der Waals surface area contributed by atoms with E-state index in [2.05, 4.69) is 10.0 Å². The van der Waals surface area contributed by atoms with Gasteiger partial charge in [-0.25, -0.2) is 17.5 Å². The van der Waals surface area contributed by atoms with Gasteiger partial charge in [0.25, 0.3) is 0 Å². The smallest absolute Gasteiger partial charge is 0.241 e. The summed E-state index contributed by atoms with van der Waals surface area (Å²) >= 11 is 5.95. The molecule has 1 amide bonds. The first-order chi connectivity index (χ1) is 10.8. The lowest BCUT2D eigenvalue weighted by Crippen LogP contribution is -2.32. The molecule has 0 aromatic heterocycles. The summed E-state index contributed by atoms with van der Waals surface area (Å²) < 4.78 is 38.9. The third-order valence-electron chi connectivity index (χ3n) is 3.00.